The Hall–Kier alpha value is -1.70. The van der Waals surface area contributed by atoms with Gasteiger partial charge >= 0.3 is 0 Å². The second-order valence-electron chi connectivity index (χ2n) is 3.95. The number of aryl methyl sites for hydroxylation is 2. The van der Waals surface area contributed by atoms with Gasteiger partial charge in [0, 0.05) is 11.1 Å². The van der Waals surface area contributed by atoms with Gasteiger partial charge in [-0.1, -0.05) is 6.07 Å². The van der Waals surface area contributed by atoms with E-state index < -0.39 is 0 Å². The predicted molar refractivity (Wildman–Crippen MR) is 60.3 cm³/mol. The number of fused-ring (bicyclic) bond motifs is 1. The number of allylic oxidation sites excluding steroid dienone is 1. The largest absolute Gasteiger partial charge is 0.289 e. The van der Waals surface area contributed by atoms with Crippen LogP contribution < -0.4 is 5.43 Å². The molecule has 15 heavy (non-hydrogen) atoms. The van der Waals surface area contributed by atoms with Crippen LogP contribution in [-0.4, -0.2) is 5.78 Å². The maximum atomic E-state index is 11.8. The Morgan fingerprint density at radius 3 is 2.27 bits per heavy atom. The minimum Gasteiger partial charge on any atom is -0.289 e. The fraction of sp³-hybridized carbons (Fsp3) is 0.231. The molecule has 0 spiro atoms. The third-order valence-corrected chi connectivity index (χ3v) is 2.85. The summed E-state index contributed by atoms with van der Waals surface area (Å²) in [7, 11) is 0. The van der Waals surface area contributed by atoms with Gasteiger partial charge in [0.2, 0.25) is 0 Å². The van der Waals surface area contributed by atoms with E-state index in [1.54, 1.807) is 26.0 Å². The summed E-state index contributed by atoms with van der Waals surface area (Å²) in [6.07, 6.45) is 3.26. The van der Waals surface area contributed by atoms with Crippen molar-refractivity contribution >= 4 is 11.9 Å². The number of hydrogen-bond donors (Lipinski definition) is 0. The van der Waals surface area contributed by atoms with Crippen LogP contribution >= 0.6 is 0 Å². The zero-order valence-electron chi connectivity index (χ0n) is 9.05. The fourth-order valence-corrected chi connectivity index (χ4v) is 2.06. The highest BCUT2D eigenvalue weighted by molar-refractivity contribution is 6.14. The van der Waals surface area contributed by atoms with E-state index in [0.717, 1.165) is 11.1 Å². The van der Waals surface area contributed by atoms with Gasteiger partial charge in [-0.15, -0.1) is 0 Å². The molecule has 2 rings (SSSR count). The van der Waals surface area contributed by atoms with E-state index >= 15 is 0 Å². The molecule has 0 saturated carbocycles. The van der Waals surface area contributed by atoms with Gasteiger partial charge in [-0.25, -0.2) is 0 Å². The highest BCUT2D eigenvalue weighted by atomic mass is 16.1. The van der Waals surface area contributed by atoms with Crippen molar-refractivity contribution in [1.82, 2.24) is 0 Å². The lowest BCUT2D eigenvalue weighted by Gasteiger charge is -1.97. The molecule has 76 valence electrons. The minimum atomic E-state index is 0.000556. The molecule has 0 heterocycles. The average Bonchev–Trinajstić information content (AvgIpc) is 2.54. The zero-order chi connectivity index (χ0) is 11.2. The molecule has 2 nitrogen and oxygen atoms in total. The Morgan fingerprint density at radius 1 is 0.933 bits per heavy atom. The topological polar surface area (TPSA) is 34.1 Å². The molecular formula is C13H12O2. The number of rotatable bonds is 0. The monoisotopic (exact) mass is 200 g/mol. The van der Waals surface area contributed by atoms with Crippen LogP contribution in [0.1, 0.15) is 32.6 Å². The quantitative estimate of drug-likeness (QED) is 0.643. The maximum Gasteiger partial charge on any atom is 0.186 e. The summed E-state index contributed by atoms with van der Waals surface area (Å²) in [6.45, 7) is 5.43. The molecule has 1 aliphatic carbocycles. The first-order chi connectivity index (χ1) is 7.02. The molecule has 0 aromatic heterocycles. The summed E-state index contributed by atoms with van der Waals surface area (Å²) in [4.78, 5) is 23.5. The molecule has 2 heteroatoms. The normalized spacial score (nSPS) is 13.1. The number of ketones is 1. The van der Waals surface area contributed by atoms with Gasteiger partial charge in [0.15, 0.2) is 11.2 Å². The molecule has 1 aromatic carbocycles. The molecule has 0 radical (unpaired) electrons. The molecule has 0 bridgehead atoms. The maximum absolute atomic E-state index is 11.8. The third kappa shape index (κ3) is 1.33. The van der Waals surface area contributed by atoms with Crippen LogP contribution in [0.2, 0.25) is 0 Å². The van der Waals surface area contributed by atoms with E-state index in [4.69, 9.17) is 0 Å². The number of carbonyl (C=O) groups excluding carboxylic acids is 1. The Labute approximate surface area is 88.3 Å². The van der Waals surface area contributed by atoms with Gasteiger partial charge in [0.1, 0.15) is 0 Å². The molecule has 0 aliphatic heterocycles. The van der Waals surface area contributed by atoms with Crippen molar-refractivity contribution < 1.29 is 4.79 Å². The van der Waals surface area contributed by atoms with E-state index in [-0.39, 0.29) is 11.2 Å². The Kier molecular flexibility index (Phi) is 2.07. The number of carbonyl (C=O) groups is 1. The molecule has 1 aromatic rings. The molecule has 0 saturated heterocycles. The van der Waals surface area contributed by atoms with Crippen molar-refractivity contribution in [1.29, 1.82) is 0 Å². The first-order valence-corrected chi connectivity index (χ1v) is 4.90. The Balaban J connectivity index is 3.01. The van der Waals surface area contributed by atoms with Crippen LogP contribution in [0.15, 0.2) is 16.9 Å². The van der Waals surface area contributed by atoms with Crippen molar-refractivity contribution in [2.75, 3.05) is 0 Å². The van der Waals surface area contributed by atoms with Gasteiger partial charge in [0.05, 0.1) is 0 Å². The Morgan fingerprint density at radius 2 is 1.60 bits per heavy atom. The molecule has 0 N–H and O–H groups in total. The minimum absolute atomic E-state index is 0.000556. The van der Waals surface area contributed by atoms with Gasteiger partial charge in [-0.05, 0) is 49.6 Å². The van der Waals surface area contributed by atoms with Gasteiger partial charge in [-0.3, -0.25) is 9.59 Å². The van der Waals surface area contributed by atoms with Crippen LogP contribution in [0.25, 0.3) is 6.08 Å². The van der Waals surface area contributed by atoms with Crippen molar-refractivity contribution in [2.45, 2.75) is 20.8 Å². The SMILES string of the molecule is Cc1cc(C)c(=O)c(C)c2c1C(=O)C=C2. The second-order valence-corrected chi connectivity index (χ2v) is 3.95. The van der Waals surface area contributed by atoms with E-state index in [1.807, 2.05) is 6.92 Å². The van der Waals surface area contributed by atoms with Gasteiger partial charge in [-0.2, -0.15) is 0 Å². The van der Waals surface area contributed by atoms with Crippen LogP contribution in [0.5, 0.6) is 0 Å². The lowest BCUT2D eigenvalue weighted by atomic mass is 10.1. The Bertz CT molecular complexity index is 551. The summed E-state index contributed by atoms with van der Waals surface area (Å²) in [5, 5.41) is 0. The van der Waals surface area contributed by atoms with Crippen LogP contribution in [-0.2, 0) is 0 Å². The third-order valence-electron chi connectivity index (χ3n) is 2.85. The van der Waals surface area contributed by atoms with Crippen LogP contribution in [0.4, 0.5) is 0 Å². The smallest absolute Gasteiger partial charge is 0.186 e. The molecule has 0 atom stereocenters. The van der Waals surface area contributed by atoms with E-state index in [1.165, 1.54) is 6.08 Å². The average molecular weight is 200 g/mol. The van der Waals surface area contributed by atoms with E-state index in [9.17, 15) is 9.59 Å². The summed E-state index contributed by atoms with van der Waals surface area (Å²) in [6, 6.07) is 1.79. The molecule has 0 fully saturated rings. The van der Waals surface area contributed by atoms with E-state index in [0.29, 0.717) is 16.7 Å². The van der Waals surface area contributed by atoms with Crippen molar-refractivity contribution in [2.24, 2.45) is 0 Å². The molecule has 0 unspecified atom stereocenters. The van der Waals surface area contributed by atoms with Crippen LogP contribution in [0.3, 0.4) is 0 Å². The van der Waals surface area contributed by atoms with Crippen molar-refractivity contribution in [3.8, 4) is 0 Å². The molecular weight excluding hydrogens is 188 g/mol. The van der Waals surface area contributed by atoms with E-state index in [2.05, 4.69) is 0 Å². The van der Waals surface area contributed by atoms with Crippen molar-refractivity contribution in [3.63, 3.8) is 0 Å². The second kappa shape index (κ2) is 3.16. The lowest BCUT2D eigenvalue weighted by molar-refractivity contribution is 0.104. The van der Waals surface area contributed by atoms with Gasteiger partial charge in [0.25, 0.3) is 0 Å². The standard InChI is InChI=1S/C13H12O2/c1-7-6-8(2)13(15)9(3)10-4-5-11(14)12(7)10/h4-6H,1-3H3. The molecule has 1 aliphatic rings. The number of hydrogen-bond acceptors (Lipinski definition) is 2. The summed E-state index contributed by atoms with van der Waals surface area (Å²) >= 11 is 0. The lowest BCUT2D eigenvalue weighted by Crippen LogP contribution is -2.05. The highest BCUT2D eigenvalue weighted by Gasteiger charge is 2.18. The van der Waals surface area contributed by atoms with Crippen LogP contribution in [0, 0.1) is 20.8 Å². The van der Waals surface area contributed by atoms with Gasteiger partial charge < -0.3 is 0 Å². The van der Waals surface area contributed by atoms with Crippen molar-refractivity contribution in [3.05, 3.63) is 50.2 Å². The fourth-order valence-electron chi connectivity index (χ4n) is 2.06. The molecule has 0 amide bonds. The highest BCUT2D eigenvalue weighted by Crippen LogP contribution is 2.23. The summed E-state index contributed by atoms with van der Waals surface area (Å²) < 4.78 is 0. The predicted octanol–water partition coefficient (Wildman–Crippen LogP) is 2.18. The summed E-state index contributed by atoms with van der Waals surface area (Å²) in [5.41, 5.74) is 3.73. The summed E-state index contributed by atoms with van der Waals surface area (Å²) in [5.74, 6) is 0.000556. The first kappa shape index (κ1) is 9.84. The zero-order valence-corrected chi connectivity index (χ0v) is 9.05. The first-order valence-electron chi connectivity index (χ1n) is 4.90.